The van der Waals surface area contributed by atoms with E-state index in [-0.39, 0.29) is 0 Å². The molecule has 4 heteroatoms. The maximum absolute atomic E-state index is 4.13. The van der Waals surface area contributed by atoms with E-state index in [1.165, 1.54) is 11.1 Å². The molecule has 1 aromatic heterocycles. The molecule has 0 atom stereocenters. The lowest BCUT2D eigenvalue weighted by molar-refractivity contribution is 0.808. The summed E-state index contributed by atoms with van der Waals surface area (Å²) < 4.78 is 1.79. The number of anilines is 2. The number of rotatable bonds is 3. The molecule has 3 rings (SSSR count). The molecule has 4 nitrogen and oxygen atoms in total. The lowest BCUT2D eigenvalue weighted by Crippen LogP contribution is -2.02. The van der Waals surface area contributed by atoms with Gasteiger partial charge in [0.05, 0.1) is 11.9 Å². The number of aromatic nitrogens is 3. The van der Waals surface area contributed by atoms with Crippen LogP contribution in [0.4, 0.5) is 11.5 Å². The molecule has 2 aromatic carbocycles. The van der Waals surface area contributed by atoms with Crippen LogP contribution < -0.4 is 5.32 Å². The van der Waals surface area contributed by atoms with Crippen LogP contribution in [-0.4, -0.2) is 15.0 Å². The Labute approximate surface area is 118 Å². The van der Waals surface area contributed by atoms with Gasteiger partial charge in [0.25, 0.3) is 0 Å². The molecule has 0 radical (unpaired) electrons. The second kappa shape index (κ2) is 5.17. The molecular weight excluding hydrogens is 248 g/mol. The van der Waals surface area contributed by atoms with Crippen LogP contribution in [0.1, 0.15) is 11.1 Å². The molecule has 20 heavy (non-hydrogen) atoms. The van der Waals surface area contributed by atoms with Crippen molar-refractivity contribution in [1.29, 1.82) is 0 Å². The largest absolute Gasteiger partial charge is 0.339 e. The first-order valence-corrected chi connectivity index (χ1v) is 6.54. The van der Waals surface area contributed by atoms with E-state index in [2.05, 4.69) is 53.7 Å². The van der Waals surface area contributed by atoms with Crippen molar-refractivity contribution in [2.24, 2.45) is 0 Å². The van der Waals surface area contributed by atoms with E-state index in [1.54, 1.807) is 10.9 Å². The van der Waals surface area contributed by atoms with Gasteiger partial charge in [0, 0.05) is 5.69 Å². The first-order valence-electron chi connectivity index (χ1n) is 6.54. The number of hydrogen-bond donors (Lipinski definition) is 1. The number of hydrogen-bond acceptors (Lipinski definition) is 3. The molecule has 100 valence electrons. The third-order valence-electron chi connectivity index (χ3n) is 3.15. The standard InChI is InChI=1S/C16H16N4/c1-12-3-7-14(8-4-12)18-16-11-17-19-20(16)15-9-5-13(2)6-10-15/h3-11,18H,1-2H3. The third-order valence-corrected chi connectivity index (χ3v) is 3.15. The highest BCUT2D eigenvalue weighted by Crippen LogP contribution is 2.19. The lowest BCUT2D eigenvalue weighted by atomic mass is 10.2. The molecule has 0 aliphatic heterocycles. The van der Waals surface area contributed by atoms with Crippen molar-refractivity contribution >= 4 is 11.5 Å². The van der Waals surface area contributed by atoms with Gasteiger partial charge >= 0.3 is 0 Å². The van der Waals surface area contributed by atoms with Gasteiger partial charge in [-0.1, -0.05) is 40.6 Å². The van der Waals surface area contributed by atoms with Crippen molar-refractivity contribution < 1.29 is 0 Å². The molecular formula is C16H16N4. The summed E-state index contributed by atoms with van der Waals surface area (Å²) in [5.41, 5.74) is 4.47. The fraction of sp³-hybridized carbons (Fsp3) is 0.125. The van der Waals surface area contributed by atoms with Crippen LogP contribution in [0, 0.1) is 13.8 Å². The van der Waals surface area contributed by atoms with E-state index in [9.17, 15) is 0 Å². The van der Waals surface area contributed by atoms with Crippen LogP contribution in [0.3, 0.4) is 0 Å². The zero-order valence-electron chi connectivity index (χ0n) is 11.5. The highest BCUT2D eigenvalue weighted by atomic mass is 15.5. The van der Waals surface area contributed by atoms with Crippen molar-refractivity contribution in [3.63, 3.8) is 0 Å². The highest BCUT2D eigenvalue weighted by Gasteiger charge is 2.06. The number of benzene rings is 2. The summed E-state index contributed by atoms with van der Waals surface area (Å²) in [6, 6.07) is 16.4. The Balaban J connectivity index is 1.90. The molecule has 0 fully saturated rings. The fourth-order valence-electron chi connectivity index (χ4n) is 1.98. The predicted octanol–water partition coefficient (Wildman–Crippen LogP) is 3.63. The second-order valence-electron chi connectivity index (χ2n) is 4.86. The summed E-state index contributed by atoms with van der Waals surface area (Å²) in [7, 11) is 0. The Morgan fingerprint density at radius 3 is 2.10 bits per heavy atom. The van der Waals surface area contributed by atoms with Crippen molar-refractivity contribution in [3.8, 4) is 5.69 Å². The van der Waals surface area contributed by atoms with Gasteiger partial charge in [0.1, 0.15) is 0 Å². The predicted molar refractivity (Wildman–Crippen MR) is 80.6 cm³/mol. The van der Waals surface area contributed by atoms with E-state index in [1.807, 2.05) is 24.3 Å². The Hall–Kier alpha value is -2.62. The van der Waals surface area contributed by atoms with Crippen molar-refractivity contribution in [2.75, 3.05) is 5.32 Å². The summed E-state index contributed by atoms with van der Waals surface area (Å²) in [6.07, 6.45) is 1.72. The molecule has 0 bridgehead atoms. The van der Waals surface area contributed by atoms with Crippen LogP contribution >= 0.6 is 0 Å². The fourth-order valence-corrected chi connectivity index (χ4v) is 1.98. The molecule has 1 N–H and O–H groups in total. The van der Waals surface area contributed by atoms with Gasteiger partial charge in [-0.2, -0.15) is 4.68 Å². The maximum atomic E-state index is 4.13. The van der Waals surface area contributed by atoms with E-state index < -0.39 is 0 Å². The molecule has 0 spiro atoms. The van der Waals surface area contributed by atoms with Crippen molar-refractivity contribution in [2.45, 2.75) is 13.8 Å². The molecule has 0 aliphatic rings. The zero-order valence-corrected chi connectivity index (χ0v) is 11.5. The topological polar surface area (TPSA) is 42.7 Å². The monoisotopic (exact) mass is 264 g/mol. The molecule has 0 saturated heterocycles. The minimum Gasteiger partial charge on any atom is -0.339 e. The Bertz CT molecular complexity index is 696. The van der Waals surface area contributed by atoms with E-state index in [4.69, 9.17) is 0 Å². The Kier molecular flexibility index (Phi) is 3.21. The van der Waals surface area contributed by atoms with Gasteiger partial charge in [0.2, 0.25) is 0 Å². The summed E-state index contributed by atoms with van der Waals surface area (Å²) >= 11 is 0. The van der Waals surface area contributed by atoms with Gasteiger partial charge < -0.3 is 5.32 Å². The van der Waals surface area contributed by atoms with Crippen LogP contribution in [-0.2, 0) is 0 Å². The average molecular weight is 264 g/mol. The maximum Gasteiger partial charge on any atom is 0.154 e. The van der Waals surface area contributed by atoms with E-state index >= 15 is 0 Å². The van der Waals surface area contributed by atoms with E-state index in [0.717, 1.165) is 17.2 Å². The Morgan fingerprint density at radius 2 is 1.45 bits per heavy atom. The normalized spacial score (nSPS) is 10.5. The van der Waals surface area contributed by atoms with Gasteiger partial charge in [0.15, 0.2) is 5.82 Å². The summed E-state index contributed by atoms with van der Waals surface area (Å²) in [6.45, 7) is 4.14. The smallest absolute Gasteiger partial charge is 0.154 e. The van der Waals surface area contributed by atoms with Crippen LogP contribution in [0.5, 0.6) is 0 Å². The number of nitrogens with zero attached hydrogens (tertiary/aromatic N) is 3. The minimum atomic E-state index is 0.845. The first-order chi connectivity index (χ1) is 9.72. The van der Waals surface area contributed by atoms with Crippen LogP contribution in [0.25, 0.3) is 5.69 Å². The van der Waals surface area contributed by atoms with Crippen molar-refractivity contribution in [3.05, 3.63) is 65.9 Å². The molecule has 0 saturated carbocycles. The molecule has 1 heterocycles. The van der Waals surface area contributed by atoms with Gasteiger partial charge in [-0.05, 0) is 38.1 Å². The molecule has 0 aliphatic carbocycles. The average Bonchev–Trinajstić information content (AvgIpc) is 2.90. The second-order valence-corrected chi connectivity index (χ2v) is 4.86. The summed E-state index contributed by atoms with van der Waals surface area (Å²) in [5, 5.41) is 11.4. The van der Waals surface area contributed by atoms with E-state index in [0.29, 0.717) is 0 Å². The minimum absolute atomic E-state index is 0.845. The number of aryl methyl sites for hydroxylation is 2. The van der Waals surface area contributed by atoms with Gasteiger partial charge in [-0.3, -0.25) is 0 Å². The SMILES string of the molecule is Cc1ccc(Nc2cnnn2-c2ccc(C)cc2)cc1. The van der Waals surface area contributed by atoms with Gasteiger partial charge in [-0.25, -0.2) is 0 Å². The van der Waals surface area contributed by atoms with Gasteiger partial charge in [-0.15, -0.1) is 5.10 Å². The zero-order chi connectivity index (χ0) is 13.9. The molecule has 0 amide bonds. The van der Waals surface area contributed by atoms with Crippen LogP contribution in [0.15, 0.2) is 54.7 Å². The molecule has 0 unspecified atom stereocenters. The van der Waals surface area contributed by atoms with Crippen LogP contribution in [0.2, 0.25) is 0 Å². The lowest BCUT2D eigenvalue weighted by Gasteiger charge is -2.09. The molecule has 3 aromatic rings. The van der Waals surface area contributed by atoms with Crippen molar-refractivity contribution in [1.82, 2.24) is 15.0 Å². The summed E-state index contributed by atoms with van der Waals surface area (Å²) in [4.78, 5) is 0. The Morgan fingerprint density at radius 1 is 0.850 bits per heavy atom. The highest BCUT2D eigenvalue weighted by molar-refractivity contribution is 5.58. The third kappa shape index (κ3) is 2.54. The number of nitrogens with one attached hydrogen (secondary N) is 1. The quantitative estimate of drug-likeness (QED) is 0.785. The summed E-state index contributed by atoms with van der Waals surface area (Å²) in [5.74, 6) is 0.845. The first kappa shape index (κ1) is 12.4.